The van der Waals surface area contributed by atoms with Crippen molar-refractivity contribution in [2.24, 2.45) is 0 Å². The first-order chi connectivity index (χ1) is 9.86. The predicted octanol–water partition coefficient (Wildman–Crippen LogP) is 4.07. The van der Waals surface area contributed by atoms with Crippen LogP contribution in [0.4, 0.5) is 0 Å². The van der Waals surface area contributed by atoms with Gasteiger partial charge < -0.3 is 4.90 Å². The lowest BCUT2D eigenvalue weighted by Crippen LogP contribution is -2.31. The van der Waals surface area contributed by atoms with E-state index in [0.717, 1.165) is 37.2 Å². The van der Waals surface area contributed by atoms with Crippen LogP contribution >= 0.6 is 0 Å². The predicted molar refractivity (Wildman–Crippen MR) is 83.8 cm³/mol. The molecule has 1 atom stereocenters. The third-order valence-electron chi connectivity index (χ3n) is 4.31. The van der Waals surface area contributed by atoms with Crippen LogP contribution in [-0.2, 0) is 10.8 Å². The van der Waals surface area contributed by atoms with Gasteiger partial charge in [-0.3, -0.25) is 0 Å². The Labute approximate surface area is 124 Å². The number of fused-ring (bicyclic) bond motifs is 1. The molecule has 0 saturated carbocycles. The second-order valence-electron chi connectivity index (χ2n) is 5.71. The molecular weight excluding hydrogens is 266 g/mol. The number of hydrogen-bond acceptors (Lipinski definition) is 2. The molecule has 3 heteroatoms. The van der Waals surface area contributed by atoms with Crippen molar-refractivity contribution < 1.29 is 4.21 Å². The van der Waals surface area contributed by atoms with Crippen LogP contribution in [0.5, 0.6) is 0 Å². The van der Waals surface area contributed by atoms with E-state index < -0.39 is 10.8 Å². The summed E-state index contributed by atoms with van der Waals surface area (Å²) < 4.78 is 12.9. The zero-order chi connectivity index (χ0) is 13.8. The maximum Gasteiger partial charge on any atom is 0.0825 e. The maximum absolute atomic E-state index is 12.9. The molecule has 20 heavy (non-hydrogen) atoms. The first-order valence-electron chi connectivity index (χ1n) is 7.80. The fourth-order valence-corrected chi connectivity index (χ4v) is 4.73. The van der Waals surface area contributed by atoms with E-state index in [2.05, 4.69) is 4.90 Å². The van der Waals surface area contributed by atoms with Crippen LogP contribution in [-0.4, -0.2) is 22.2 Å². The summed E-state index contributed by atoms with van der Waals surface area (Å²) in [6.07, 6.45) is 8.48. The highest BCUT2D eigenvalue weighted by molar-refractivity contribution is 7.89. The fraction of sp³-hybridized carbons (Fsp3) is 0.529. The van der Waals surface area contributed by atoms with Crippen LogP contribution < -0.4 is 0 Å². The molecule has 0 spiro atoms. The number of nitrogens with zero attached hydrogens (tertiary/aromatic N) is 1. The molecule has 1 aromatic rings. The molecule has 0 amide bonds. The summed E-state index contributed by atoms with van der Waals surface area (Å²) in [6, 6.07) is 9.94. The zero-order valence-electron chi connectivity index (χ0n) is 12.0. The monoisotopic (exact) mass is 289 g/mol. The van der Waals surface area contributed by atoms with Crippen molar-refractivity contribution >= 4 is 10.8 Å². The van der Waals surface area contributed by atoms with Gasteiger partial charge in [0.2, 0.25) is 0 Å². The lowest BCUT2D eigenvalue weighted by Gasteiger charge is -2.35. The van der Waals surface area contributed by atoms with Gasteiger partial charge in [0, 0.05) is 28.6 Å². The van der Waals surface area contributed by atoms with Crippen LogP contribution in [0.3, 0.4) is 0 Å². The van der Waals surface area contributed by atoms with E-state index in [9.17, 15) is 4.21 Å². The van der Waals surface area contributed by atoms with Crippen molar-refractivity contribution in [2.75, 3.05) is 13.1 Å². The van der Waals surface area contributed by atoms with Crippen LogP contribution in [0.2, 0.25) is 0 Å². The van der Waals surface area contributed by atoms with Crippen molar-refractivity contribution in [3.05, 3.63) is 40.9 Å². The molecule has 0 radical (unpaired) electrons. The molecule has 108 valence electrons. The van der Waals surface area contributed by atoms with Crippen LogP contribution in [0.25, 0.3) is 0 Å². The molecule has 0 bridgehead atoms. The Kier molecular flexibility index (Phi) is 4.56. The Balaban J connectivity index is 1.92. The molecule has 3 rings (SSSR count). The van der Waals surface area contributed by atoms with E-state index in [1.54, 1.807) is 0 Å². The van der Waals surface area contributed by atoms with E-state index in [1.165, 1.54) is 36.3 Å². The number of hydrogen-bond donors (Lipinski definition) is 0. The maximum atomic E-state index is 12.9. The average molecular weight is 289 g/mol. The normalized spacial score (nSPS) is 21.9. The smallest absolute Gasteiger partial charge is 0.0825 e. The van der Waals surface area contributed by atoms with E-state index in [4.69, 9.17) is 0 Å². The Hall–Kier alpha value is -1.09. The minimum atomic E-state index is -0.964. The van der Waals surface area contributed by atoms with Crippen molar-refractivity contribution in [2.45, 2.75) is 49.8 Å². The van der Waals surface area contributed by atoms with Gasteiger partial charge in [0.05, 0.1) is 10.8 Å². The topological polar surface area (TPSA) is 20.3 Å². The van der Waals surface area contributed by atoms with E-state index in [0.29, 0.717) is 0 Å². The number of benzene rings is 1. The highest BCUT2D eigenvalue weighted by atomic mass is 32.2. The molecule has 2 nitrogen and oxygen atoms in total. The third kappa shape index (κ3) is 2.98. The van der Waals surface area contributed by atoms with Gasteiger partial charge in [0.1, 0.15) is 0 Å². The molecule has 2 aliphatic heterocycles. The van der Waals surface area contributed by atoms with Crippen molar-refractivity contribution in [3.63, 3.8) is 0 Å². The zero-order valence-corrected chi connectivity index (χ0v) is 12.8. The summed E-state index contributed by atoms with van der Waals surface area (Å²) >= 11 is 0. The van der Waals surface area contributed by atoms with Gasteiger partial charge in [0.25, 0.3) is 0 Å². The lowest BCUT2D eigenvalue weighted by atomic mass is 10.0. The molecule has 2 heterocycles. The summed E-state index contributed by atoms with van der Waals surface area (Å²) in [7, 11) is -0.964. The van der Waals surface area contributed by atoms with Crippen molar-refractivity contribution in [3.8, 4) is 0 Å². The van der Waals surface area contributed by atoms with Crippen LogP contribution in [0, 0.1) is 0 Å². The first-order valence-corrected chi connectivity index (χ1v) is 8.95. The van der Waals surface area contributed by atoms with Gasteiger partial charge in [-0.1, -0.05) is 31.0 Å². The molecule has 1 saturated heterocycles. The highest BCUT2D eigenvalue weighted by Gasteiger charge is 2.24. The van der Waals surface area contributed by atoms with E-state index >= 15 is 0 Å². The molecule has 1 unspecified atom stereocenters. The summed E-state index contributed by atoms with van der Waals surface area (Å²) in [6.45, 7) is 2.32. The molecular formula is C17H23NOS. The van der Waals surface area contributed by atoms with E-state index in [-0.39, 0.29) is 0 Å². The van der Waals surface area contributed by atoms with Gasteiger partial charge in [-0.25, -0.2) is 4.21 Å². The van der Waals surface area contributed by atoms with E-state index in [1.807, 2.05) is 30.3 Å². The molecule has 0 aliphatic carbocycles. The lowest BCUT2D eigenvalue weighted by molar-refractivity contribution is 0.286. The Morgan fingerprint density at radius 1 is 0.850 bits per heavy atom. The quantitative estimate of drug-likeness (QED) is 0.818. The van der Waals surface area contributed by atoms with Gasteiger partial charge in [-0.05, 0) is 44.2 Å². The van der Waals surface area contributed by atoms with Gasteiger partial charge >= 0.3 is 0 Å². The molecule has 1 fully saturated rings. The van der Waals surface area contributed by atoms with Crippen molar-refractivity contribution in [1.29, 1.82) is 0 Å². The summed E-state index contributed by atoms with van der Waals surface area (Å²) in [5.41, 5.74) is 1.40. The standard InChI is InChI=1S/C17H23NOS/c19-20(15-9-4-3-5-10-15)17-12-8-14-18-13-7-2-1-6-11-16(17)18/h3-5,9-10H,1-2,6-8,11-14H2. The Bertz CT molecular complexity index is 509. The average Bonchev–Trinajstić information content (AvgIpc) is 2.47. The summed E-state index contributed by atoms with van der Waals surface area (Å²) in [4.78, 5) is 4.67. The summed E-state index contributed by atoms with van der Waals surface area (Å²) in [5, 5.41) is 0. The fourth-order valence-electron chi connectivity index (χ4n) is 3.27. The second-order valence-corrected chi connectivity index (χ2v) is 7.21. The number of rotatable bonds is 2. The molecule has 0 aromatic heterocycles. The van der Waals surface area contributed by atoms with Gasteiger partial charge in [0.15, 0.2) is 0 Å². The first kappa shape index (κ1) is 13.9. The minimum Gasteiger partial charge on any atom is -0.374 e. The second kappa shape index (κ2) is 6.57. The Morgan fingerprint density at radius 2 is 1.60 bits per heavy atom. The van der Waals surface area contributed by atoms with Gasteiger partial charge in [-0.15, -0.1) is 0 Å². The van der Waals surface area contributed by atoms with Crippen LogP contribution in [0.1, 0.15) is 44.9 Å². The largest absolute Gasteiger partial charge is 0.374 e. The Morgan fingerprint density at radius 3 is 2.45 bits per heavy atom. The molecule has 2 aliphatic rings. The third-order valence-corrected chi connectivity index (χ3v) is 5.90. The van der Waals surface area contributed by atoms with Gasteiger partial charge in [-0.2, -0.15) is 0 Å². The van der Waals surface area contributed by atoms with Crippen molar-refractivity contribution in [1.82, 2.24) is 4.90 Å². The SMILES string of the molecule is O=S(C1=C2CCCCCCN2CCC1)c1ccccc1. The molecule has 1 aromatic carbocycles. The number of allylic oxidation sites excluding steroid dienone is 2. The van der Waals surface area contributed by atoms with Crippen LogP contribution in [0.15, 0.2) is 45.8 Å². The highest BCUT2D eigenvalue weighted by Crippen LogP contribution is 2.32. The molecule has 0 N–H and O–H groups in total. The minimum absolute atomic E-state index is 0.957. The summed E-state index contributed by atoms with van der Waals surface area (Å²) in [5.74, 6) is 0.